The van der Waals surface area contributed by atoms with Crippen LogP contribution in [0.4, 0.5) is 0 Å². The fourth-order valence-electron chi connectivity index (χ4n) is 1.16. The molecule has 1 unspecified atom stereocenters. The minimum Gasteiger partial charge on any atom is -0.279 e. The number of sulfonamides is 1. The van der Waals surface area contributed by atoms with Crippen molar-refractivity contribution < 1.29 is 13.2 Å². The van der Waals surface area contributed by atoms with Crippen molar-refractivity contribution in [3.63, 3.8) is 0 Å². The third-order valence-electron chi connectivity index (χ3n) is 2.10. The molecular weight excluding hydrogens is 285 g/mol. The Morgan fingerprint density at radius 3 is 2.29 bits per heavy atom. The lowest BCUT2D eigenvalue weighted by atomic mass is 10.3. The van der Waals surface area contributed by atoms with Gasteiger partial charge in [0.2, 0.25) is 15.3 Å². The Kier molecular flexibility index (Phi) is 4.94. The summed E-state index contributed by atoms with van der Waals surface area (Å²) in [5.41, 5.74) is 0. The standard InChI is InChI=1S/C10H11Cl2NO3S/c1-2-9(10(12)14)13-17(15,16)8-5-3-7(11)4-6-8/h3-6,9,13H,2H2,1H3. The molecule has 0 spiro atoms. The van der Waals surface area contributed by atoms with Gasteiger partial charge in [0.25, 0.3) is 0 Å². The SMILES string of the molecule is CCC(NS(=O)(=O)c1ccc(Cl)cc1)C(=O)Cl. The maximum Gasteiger partial charge on any atom is 0.241 e. The quantitative estimate of drug-likeness (QED) is 0.847. The molecule has 17 heavy (non-hydrogen) atoms. The van der Waals surface area contributed by atoms with Crippen molar-refractivity contribution >= 4 is 38.5 Å². The van der Waals surface area contributed by atoms with Gasteiger partial charge in [-0.2, -0.15) is 4.72 Å². The van der Waals surface area contributed by atoms with Gasteiger partial charge in [0.05, 0.1) is 10.9 Å². The van der Waals surface area contributed by atoms with E-state index in [1.165, 1.54) is 24.3 Å². The van der Waals surface area contributed by atoms with Crippen molar-refractivity contribution in [3.8, 4) is 0 Å². The predicted molar refractivity (Wildman–Crippen MR) is 66.7 cm³/mol. The van der Waals surface area contributed by atoms with E-state index in [2.05, 4.69) is 4.72 Å². The summed E-state index contributed by atoms with van der Waals surface area (Å²) in [6.07, 6.45) is 0.287. The Morgan fingerprint density at radius 2 is 1.88 bits per heavy atom. The van der Waals surface area contributed by atoms with E-state index in [-0.39, 0.29) is 11.3 Å². The summed E-state index contributed by atoms with van der Waals surface area (Å²) in [6, 6.07) is 4.71. The molecule has 0 aromatic heterocycles. The van der Waals surface area contributed by atoms with E-state index in [0.717, 1.165) is 0 Å². The molecule has 4 nitrogen and oxygen atoms in total. The highest BCUT2D eigenvalue weighted by molar-refractivity contribution is 7.89. The van der Waals surface area contributed by atoms with Crippen LogP contribution in [-0.2, 0) is 14.8 Å². The van der Waals surface area contributed by atoms with Gasteiger partial charge in [0, 0.05) is 5.02 Å². The smallest absolute Gasteiger partial charge is 0.241 e. The van der Waals surface area contributed by atoms with Crippen LogP contribution >= 0.6 is 23.2 Å². The summed E-state index contributed by atoms with van der Waals surface area (Å²) in [5, 5.41) is -0.297. The molecule has 0 aliphatic carbocycles. The topological polar surface area (TPSA) is 63.2 Å². The van der Waals surface area contributed by atoms with Crippen LogP contribution in [0.25, 0.3) is 0 Å². The lowest BCUT2D eigenvalue weighted by Crippen LogP contribution is -2.38. The normalized spacial score (nSPS) is 13.4. The van der Waals surface area contributed by atoms with Crippen molar-refractivity contribution in [3.05, 3.63) is 29.3 Å². The highest BCUT2D eigenvalue weighted by atomic mass is 35.5. The number of carbonyl (C=O) groups excluding carboxylic acids is 1. The highest BCUT2D eigenvalue weighted by Crippen LogP contribution is 2.15. The number of rotatable bonds is 5. The van der Waals surface area contributed by atoms with Crippen LogP contribution in [-0.4, -0.2) is 19.7 Å². The zero-order chi connectivity index (χ0) is 13.1. The van der Waals surface area contributed by atoms with Crippen LogP contribution < -0.4 is 4.72 Å². The summed E-state index contributed by atoms with van der Waals surface area (Å²) in [5.74, 6) is 0. The molecule has 1 N–H and O–H groups in total. The number of hydrogen-bond donors (Lipinski definition) is 1. The maximum atomic E-state index is 11.9. The van der Waals surface area contributed by atoms with Gasteiger partial charge in [0.1, 0.15) is 0 Å². The maximum absolute atomic E-state index is 11.9. The van der Waals surface area contributed by atoms with E-state index in [0.29, 0.717) is 5.02 Å². The Bertz CT molecular complexity index is 499. The van der Waals surface area contributed by atoms with Crippen molar-refractivity contribution in [2.75, 3.05) is 0 Å². The second-order valence-corrected chi connectivity index (χ2v) is 5.86. The van der Waals surface area contributed by atoms with E-state index < -0.39 is 21.3 Å². The molecule has 1 aromatic rings. The summed E-state index contributed by atoms with van der Waals surface area (Å²) in [4.78, 5) is 11.0. The number of carbonyl (C=O) groups is 1. The van der Waals surface area contributed by atoms with Crippen LogP contribution in [0.3, 0.4) is 0 Å². The molecule has 0 fully saturated rings. The van der Waals surface area contributed by atoms with Gasteiger partial charge in [-0.3, -0.25) is 4.79 Å². The molecule has 0 amide bonds. The second kappa shape index (κ2) is 5.82. The van der Waals surface area contributed by atoms with Gasteiger partial charge in [0.15, 0.2) is 0 Å². The Hall–Kier alpha value is -0.620. The first-order valence-corrected chi connectivity index (χ1v) is 7.08. The molecule has 0 radical (unpaired) electrons. The van der Waals surface area contributed by atoms with Crippen LogP contribution in [0, 0.1) is 0 Å². The number of nitrogens with one attached hydrogen (secondary N) is 1. The second-order valence-electron chi connectivity index (χ2n) is 3.34. The molecule has 1 aromatic carbocycles. The molecular formula is C10H11Cl2NO3S. The molecule has 0 aliphatic heterocycles. The van der Waals surface area contributed by atoms with Crippen molar-refractivity contribution in [2.24, 2.45) is 0 Å². The average Bonchev–Trinajstić information content (AvgIpc) is 2.26. The zero-order valence-corrected chi connectivity index (χ0v) is 11.3. The summed E-state index contributed by atoms with van der Waals surface area (Å²) in [6.45, 7) is 1.66. The molecule has 0 aliphatic rings. The van der Waals surface area contributed by atoms with Crippen molar-refractivity contribution in [1.29, 1.82) is 0 Å². The Morgan fingerprint density at radius 1 is 1.35 bits per heavy atom. The van der Waals surface area contributed by atoms with Gasteiger partial charge in [-0.25, -0.2) is 8.42 Å². The molecule has 1 rings (SSSR count). The number of benzene rings is 1. The Balaban J connectivity index is 2.96. The lowest BCUT2D eigenvalue weighted by Gasteiger charge is -2.12. The molecule has 0 saturated heterocycles. The Labute approximate surface area is 110 Å². The van der Waals surface area contributed by atoms with E-state index in [4.69, 9.17) is 23.2 Å². The summed E-state index contributed by atoms with van der Waals surface area (Å²) >= 11 is 10.9. The molecule has 0 heterocycles. The van der Waals surface area contributed by atoms with Crippen molar-refractivity contribution in [2.45, 2.75) is 24.3 Å². The third kappa shape index (κ3) is 3.96. The van der Waals surface area contributed by atoms with Crippen LogP contribution in [0.15, 0.2) is 29.2 Å². The van der Waals surface area contributed by atoms with Gasteiger partial charge in [-0.1, -0.05) is 18.5 Å². The molecule has 1 atom stereocenters. The highest BCUT2D eigenvalue weighted by Gasteiger charge is 2.22. The summed E-state index contributed by atoms with van der Waals surface area (Å²) < 4.78 is 25.9. The van der Waals surface area contributed by atoms with Crippen LogP contribution in [0.5, 0.6) is 0 Å². The zero-order valence-electron chi connectivity index (χ0n) is 8.98. The number of hydrogen-bond acceptors (Lipinski definition) is 3. The minimum atomic E-state index is -3.75. The van der Waals surface area contributed by atoms with Gasteiger partial charge in [-0.15, -0.1) is 0 Å². The van der Waals surface area contributed by atoms with E-state index in [1.54, 1.807) is 6.92 Å². The summed E-state index contributed by atoms with van der Waals surface area (Å²) in [7, 11) is -3.75. The van der Waals surface area contributed by atoms with Gasteiger partial charge in [-0.05, 0) is 42.3 Å². The fourth-order valence-corrected chi connectivity index (χ4v) is 2.84. The number of halogens is 2. The molecule has 0 saturated carbocycles. The monoisotopic (exact) mass is 295 g/mol. The van der Waals surface area contributed by atoms with E-state index in [9.17, 15) is 13.2 Å². The first kappa shape index (κ1) is 14.4. The van der Waals surface area contributed by atoms with Gasteiger partial charge >= 0.3 is 0 Å². The molecule has 7 heteroatoms. The third-order valence-corrected chi connectivity index (χ3v) is 4.11. The first-order chi connectivity index (χ1) is 7.86. The lowest BCUT2D eigenvalue weighted by molar-refractivity contribution is -0.113. The first-order valence-electron chi connectivity index (χ1n) is 4.84. The fraction of sp³-hybridized carbons (Fsp3) is 0.300. The van der Waals surface area contributed by atoms with E-state index >= 15 is 0 Å². The predicted octanol–water partition coefficient (Wildman–Crippen LogP) is 2.16. The van der Waals surface area contributed by atoms with Gasteiger partial charge < -0.3 is 0 Å². The molecule has 94 valence electrons. The van der Waals surface area contributed by atoms with Crippen molar-refractivity contribution in [1.82, 2.24) is 4.72 Å². The average molecular weight is 296 g/mol. The van der Waals surface area contributed by atoms with Crippen LogP contribution in [0.1, 0.15) is 13.3 Å². The van der Waals surface area contributed by atoms with Crippen LogP contribution in [0.2, 0.25) is 5.02 Å². The minimum absolute atomic E-state index is 0.0401. The van der Waals surface area contributed by atoms with E-state index in [1.807, 2.05) is 0 Å². The molecule has 0 bridgehead atoms. The largest absolute Gasteiger partial charge is 0.279 e.